The van der Waals surface area contributed by atoms with Crippen LogP contribution in [0.3, 0.4) is 0 Å². The van der Waals surface area contributed by atoms with Gasteiger partial charge in [0.2, 0.25) is 0 Å². The zero-order valence-corrected chi connectivity index (χ0v) is 19.2. The van der Waals surface area contributed by atoms with Crippen LogP contribution in [0.5, 0.6) is 5.75 Å². The number of nitrogens with zero attached hydrogens (tertiary/aromatic N) is 1. The Labute approximate surface area is 184 Å². The summed E-state index contributed by atoms with van der Waals surface area (Å²) in [6.45, 7) is 8.10. The number of hydrogen-bond acceptors (Lipinski definition) is 3. The molecule has 0 amide bonds. The van der Waals surface area contributed by atoms with Gasteiger partial charge in [0.15, 0.2) is 5.96 Å². The van der Waals surface area contributed by atoms with Crippen molar-refractivity contribution in [2.24, 2.45) is 10.7 Å². The van der Waals surface area contributed by atoms with Crippen molar-refractivity contribution in [3.63, 3.8) is 0 Å². The summed E-state index contributed by atoms with van der Waals surface area (Å²) in [4.78, 5) is 4.48. The molecule has 1 atom stereocenters. The predicted molar refractivity (Wildman–Crippen MR) is 126 cm³/mol. The summed E-state index contributed by atoms with van der Waals surface area (Å²) in [5.41, 5.74) is 11.7. The van der Waals surface area contributed by atoms with E-state index in [4.69, 9.17) is 15.2 Å². The van der Waals surface area contributed by atoms with E-state index in [1.165, 1.54) is 11.1 Å². The first-order valence-electron chi connectivity index (χ1n) is 9.49. The second-order valence-corrected chi connectivity index (χ2v) is 7.18. The molecule has 1 aliphatic heterocycles. The van der Waals surface area contributed by atoms with E-state index < -0.39 is 0 Å². The molecule has 3 rings (SSSR count). The van der Waals surface area contributed by atoms with Crippen LogP contribution < -0.4 is 15.8 Å². The molecule has 1 aliphatic rings. The van der Waals surface area contributed by atoms with E-state index in [9.17, 15) is 0 Å². The number of nitrogens with one attached hydrogen (secondary N) is 1. The zero-order chi connectivity index (χ0) is 19.2. The monoisotopic (exact) mass is 495 g/mol. The van der Waals surface area contributed by atoms with Crippen LogP contribution in [-0.4, -0.2) is 25.3 Å². The molecular formula is C22H30IN3O2. The lowest BCUT2D eigenvalue weighted by atomic mass is 10.1. The van der Waals surface area contributed by atoms with Crippen molar-refractivity contribution < 1.29 is 9.47 Å². The van der Waals surface area contributed by atoms with Gasteiger partial charge in [-0.25, -0.2) is 4.99 Å². The van der Waals surface area contributed by atoms with Crippen LogP contribution in [0, 0.1) is 20.8 Å². The van der Waals surface area contributed by atoms with Crippen LogP contribution in [0.2, 0.25) is 0 Å². The first-order valence-corrected chi connectivity index (χ1v) is 9.49. The molecule has 0 aromatic heterocycles. The highest BCUT2D eigenvalue weighted by Crippen LogP contribution is 2.23. The fourth-order valence-corrected chi connectivity index (χ4v) is 3.06. The normalized spacial score (nSPS) is 16.5. The topological polar surface area (TPSA) is 68.9 Å². The van der Waals surface area contributed by atoms with Crippen LogP contribution in [0.25, 0.3) is 0 Å². The van der Waals surface area contributed by atoms with Gasteiger partial charge in [-0.1, -0.05) is 18.2 Å². The molecule has 1 heterocycles. The molecule has 0 saturated carbocycles. The van der Waals surface area contributed by atoms with E-state index in [1.54, 1.807) is 0 Å². The lowest BCUT2D eigenvalue weighted by Gasteiger charge is -2.15. The first-order chi connectivity index (χ1) is 13.0. The molecule has 1 fully saturated rings. The Bertz CT molecular complexity index is 817. The van der Waals surface area contributed by atoms with Gasteiger partial charge in [0, 0.05) is 17.9 Å². The summed E-state index contributed by atoms with van der Waals surface area (Å²) >= 11 is 0. The predicted octanol–water partition coefficient (Wildman–Crippen LogP) is 4.71. The number of ether oxygens (including phenoxy) is 2. The molecule has 3 N–H and O–H groups in total. The number of hydrogen-bond donors (Lipinski definition) is 2. The van der Waals surface area contributed by atoms with Crippen molar-refractivity contribution in [1.29, 1.82) is 0 Å². The molecule has 6 heteroatoms. The Balaban J connectivity index is 0.00000280. The summed E-state index contributed by atoms with van der Waals surface area (Å²) in [5.74, 6) is 1.25. The van der Waals surface area contributed by atoms with Crippen molar-refractivity contribution >= 4 is 35.6 Å². The van der Waals surface area contributed by atoms with Crippen LogP contribution >= 0.6 is 24.0 Å². The average molecular weight is 495 g/mol. The van der Waals surface area contributed by atoms with E-state index in [0.29, 0.717) is 19.1 Å². The molecular weight excluding hydrogens is 465 g/mol. The molecule has 1 saturated heterocycles. The Hall–Kier alpha value is -1.80. The second-order valence-electron chi connectivity index (χ2n) is 7.18. The smallest absolute Gasteiger partial charge is 0.193 e. The lowest BCUT2D eigenvalue weighted by Crippen LogP contribution is -2.22. The Morgan fingerprint density at radius 1 is 1.18 bits per heavy atom. The second kappa shape index (κ2) is 10.7. The molecule has 2 aromatic carbocycles. The fraction of sp³-hybridized carbons (Fsp3) is 0.409. The lowest BCUT2D eigenvalue weighted by molar-refractivity contribution is 0.0676. The van der Waals surface area contributed by atoms with Crippen molar-refractivity contribution in [3.05, 3.63) is 58.7 Å². The van der Waals surface area contributed by atoms with E-state index in [0.717, 1.165) is 42.0 Å². The minimum Gasteiger partial charge on any atom is -0.491 e. The van der Waals surface area contributed by atoms with Gasteiger partial charge in [0.05, 0.1) is 12.6 Å². The highest BCUT2D eigenvalue weighted by Gasteiger charge is 2.16. The van der Waals surface area contributed by atoms with Crippen LogP contribution in [0.15, 0.2) is 41.4 Å². The number of rotatable bonds is 6. The highest BCUT2D eigenvalue weighted by atomic mass is 127. The fourth-order valence-electron chi connectivity index (χ4n) is 3.06. The number of anilines is 1. The highest BCUT2D eigenvalue weighted by molar-refractivity contribution is 14.0. The Kier molecular flexibility index (Phi) is 8.57. The number of aryl methyl sites for hydroxylation is 3. The van der Waals surface area contributed by atoms with Gasteiger partial charge in [0.1, 0.15) is 12.4 Å². The maximum atomic E-state index is 6.07. The molecule has 5 nitrogen and oxygen atoms in total. The minimum absolute atomic E-state index is 0. The van der Waals surface area contributed by atoms with Gasteiger partial charge in [-0.05, 0) is 68.5 Å². The summed E-state index contributed by atoms with van der Waals surface area (Å²) in [6, 6.07) is 12.3. The molecule has 0 aliphatic carbocycles. The summed E-state index contributed by atoms with van der Waals surface area (Å²) in [5, 5.41) is 3.15. The third-order valence-electron chi connectivity index (χ3n) is 4.87. The van der Waals surface area contributed by atoms with Crippen molar-refractivity contribution in [2.45, 2.75) is 46.3 Å². The molecule has 28 heavy (non-hydrogen) atoms. The average Bonchev–Trinajstić information content (AvgIpc) is 3.16. The molecule has 0 radical (unpaired) electrons. The van der Waals surface area contributed by atoms with Crippen molar-refractivity contribution in [1.82, 2.24) is 0 Å². The molecule has 1 unspecified atom stereocenters. The summed E-state index contributed by atoms with van der Waals surface area (Å²) in [7, 11) is 0. The standard InChI is InChI=1S/C22H29N3O2.HI/c1-15-6-8-18(21(11-15)27-14-20-5-4-10-26-20)13-24-22(23)25-19-9-7-16(2)17(3)12-19;/h6-9,11-12,20H,4-5,10,13-14H2,1-3H3,(H3,23,24,25);1H. The van der Waals surface area contributed by atoms with Gasteiger partial charge in [0.25, 0.3) is 0 Å². The molecule has 2 aromatic rings. The quantitative estimate of drug-likeness (QED) is 0.346. The Morgan fingerprint density at radius 2 is 2.00 bits per heavy atom. The van der Waals surface area contributed by atoms with Crippen molar-refractivity contribution in [3.8, 4) is 5.75 Å². The number of nitrogens with two attached hydrogens (primary N) is 1. The van der Waals surface area contributed by atoms with Gasteiger partial charge < -0.3 is 20.5 Å². The van der Waals surface area contributed by atoms with E-state index >= 15 is 0 Å². The zero-order valence-electron chi connectivity index (χ0n) is 16.8. The van der Waals surface area contributed by atoms with Crippen LogP contribution in [0.4, 0.5) is 5.69 Å². The minimum atomic E-state index is 0. The SMILES string of the molecule is Cc1ccc(CN=C(N)Nc2ccc(C)c(C)c2)c(OCC2CCCO2)c1.I. The van der Waals surface area contributed by atoms with Gasteiger partial charge in [-0.15, -0.1) is 24.0 Å². The third-order valence-corrected chi connectivity index (χ3v) is 4.87. The van der Waals surface area contributed by atoms with Crippen molar-refractivity contribution in [2.75, 3.05) is 18.5 Å². The largest absolute Gasteiger partial charge is 0.491 e. The van der Waals surface area contributed by atoms with Gasteiger partial charge >= 0.3 is 0 Å². The van der Waals surface area contributed by atoms with Gasteiger partial charge in [-0.2, -0.15) is 0 Å². The molecule has 0 bridgehead atoms. The Morgan fingerprint density at radius 3 is 2.71 bits per heavy atom. The van der Waals surface area contributed by atoms with Crippen LogP contribution in [0.1, 0.15) is 35.1 Å². The van der Waals surface area contributed by atoms with Gasteiger partial charge in [-0.3, -0.25) is 0 Å². The van der Waals surface area contributed by atoms with E-state index in [-0.39, 0.29) is 30.1 Å². The number of halogens is 1. The van der Waals surface area contributed by atoms with E-state index in [2.05, 4.69) is 49.3 Å². The third kappa shape index (κ3) is 6.38. The molecule has 0 spiro atoms. The first kappa shape index (κ1) is 22.5. The number of benzene rings is 2. The van der Waals surface area contributed by atoms with E-state index in [1.807, 2.05) is 18.2 Å². The number of guanidine groups is 1. The summed E-state index contributed by atoms with van der Waals surface area (Å²) in [6.07, 6.45) is 2.37. The maximum absolute atomic E-state index is 6.07. The summed E-state index contributed by atoms with van der Waals surface area (Å²) < 4.78 is 11.7. The number of aliphatic imine (C=N–C) groups is 1. The molecule has 152 valence electrons. The maximum Gasteiger partial charge on any atom is 0.193 e. The van der Waals surface area contributed by atoms with Crippen LogP contribution in [-0.2, 0) is 11.3 Å².